The third kappa shape index (κ3) is 4.30. The smallest absolute Gasteiger partial charge is 0.321 e. The summed E-state index contributed by atoms with van der Waals surface area (Å²) in [5, 5.41) is 18.4. The van der Waals surface area contributed by atoms with E-state index in [2.05, 4.69) is 31.5 Å². The molecule has 31 heavy (non-hydrogen) atoms. The zero-order valence-electron chi connectivity index (χ0n) is 16.1. The minimum absolute atomic E-state index is 0.182. The molecule has 3 aromatic heterocycles. The van der Waals surface area contributed by atoms with Gasteiger partial charge < -0.3 is 15.4 Å². The first-order valence-electron chi connectivity index (χ1n) is 9.26. The number of aliphatic hydroxyl groups excluding tert-OH is 1. The van der Waals surface area contributed by atoms with Crippen LogP contribution in [0.25, 0.3) is 21.9 Å². The Hall–Kier alpha value is -4.00. The van der Waals surface area contributed by atoms with E-state index in [1.54, 1.807) is 29.9 Å². The fraction of sp³-hybridized carbons (Fsp3) is 0.0909. The van der Waals surface area contributed by atoms with Gasteiger partial charge in [0.15, 0.2) is 5.01 Å². The number of aromatic nitrogens is 3. The molecule has 4 aromatic rings. The highest BCUT2D eigenvalue weighted by molar-refractivity contribution is 7.10. The summed E-state index contributed by atoms with van der Waals surface area (Å²) in [4.78, 5) is 35.7. The number of fused-ring (bicyclic) bond motifs is 1. The highest BCUT2D eigenvalue weighted by Gasteiger charge is 2.16. The number of H-pyrrole nitrogens is 1. The number of nitrogens with one attached hydrogen (secondary N) is 3. The lowest BCUT2D eigenvalue weighted by Gasteiger charge is -2.16. The molecule has 8 nitrogen and oxygen atoms in total. The van der Waals surface area contributed by atoms with Crippen LogP contribution in [-0.4, -0.2) is 32.7 Å². The van der Waals surface area contributed by atoms with Gasteiger partial charge in [-0.15, -0.1) is 17.8 Å². The molecule has 0 fully saturated rings. The number of amides is 2. The molecule has 1 unspecified atom stereocenters. The van der Waals surface area contributed by atoms with Crippen molar-refractivity contribution in [1.29, 1.82) is 0 Å². The second-order valence-corrected chi connectivity index (χ2v) is 7.42. The van der Waals surface area contributed by atoms with Crippen LogP contribution in [0.15, 0.2) is 59.0 Å². The number of aromatic amines is 1. The summed E-state index contributed by atoms with van der Waals surface area (Å²) in [6.45, 7) is -0.347. The highest BCUT2D eigenvalue weighted by atomic mass is 32.1. The van der Waals surface area contributed by atoms with E-state index in [9.17, 15) is 14.7 Å². The van der Waals surface area contributed by atoms with Gasteiger partial charge in [0.2, 0.25) is 0 Å². The van der Waals surface area contributed by atoms with Crippen molar-refractivity contribution in [2.24, 2.45) is 0 Å². The molecule has 154 valence electrons. The lowest BCUT2D eigenvalue weighted by atomic mass is 10.0. The summed E-state index contributed by atoms with van der Waals surface area (Å²) in [5.74, 6) is 2.73. The third-order valence-corrected chi connectivity index (χ3v) is 5.39. The maximum absolute atomic E-state index is 12.3. The van der Waals surface area contributed by atoms with Crippen LogP contribution in [0.2, 0.25) is 0 Å². The molecule has 0 aliphatic heterocycles. The number of nitrogens with zero attached hydrogens (tertiary/aromatic N) is 2. The lowest BCUT2D eigenvalue weighted by Crippen LogP contribution is -2.34. The summed E-state index contributed by atoms with van der Waals surface area (Å²) >= 11 is 1.24. The van der Waals surface area contributed by atoms with Gasteiger partial charge in [0.25, 0.3) is 5.56 Å². The van der Waals surface area contributed by atoms with E-state index in [1.165, 1.54) is 11.3 Å². The molecule has 1 atom stereocenters. The Bertz CT molecular complexity index is 1330. The zero-order chi connectivity index (χ0) is 21.8. The molecule has 0 aliphatic rings. The number of pyridine rings is 2. The number of urea groups is 1. The van der Waals surface area contributed by atoms with Crippen LogP contribution < -0.4 is 16.2 Å². The van der Waals surface area contributed by atoms with E-state index in [4.69, 9.17) is 6.42 Å². The van der Waals surface area contributed by atoms with Crippen molar-refractivity contribution in [3.8, 4) is 23.5 Å². The van der Waals surface area contributed by atoms with Crippen LogP contribution in [0.5, 0.6) is 0 Å². The maximum atomic E-state index is 12.3. The molecule has 0 spiro atoms. The highest BCUT2D eigenvalue weighted by Crippen LogP contribution is 2.26. The Labute approximate surface area is 181 Å². The van der Waals surface area contributed by atoms with Crippen LogP contribution in [0.4, 0.5) is 10.6 Å². The predicted octanol–water partition coefficient (Wildman–Crippen LogP) is 2.88. The molecule has 9 heteroatoms. The zero-order valence-corrected chi connectivity index (χ0v) is 16.9. The first-order valence-corrected chi connectivity index (χ1v) is 10.1. The van der Waals surface area contributed by atoms with Crippen molar-refractivity contribution in [2.75, 3.05) is 11.9 Å². The maximum Gasteiger partial charge on any atom is 0.321 e. The number of carbonyl (C=O) groups excluding carboxylic acids is 1. The molecule has 0 bridgehead atoms. The summed E-state index contributed by atoms with van der Waals surface area (Å²) in [5.41, 5.74) is 1.78. The summed E-state index contributed by atoms with van der Waals surface area (Å²) < 4.78 is 0. The van der Waals surface area contributed by atoms with Crippen LogP contribution in [0.1, 0.15) is 16.7 Å². The number of hydrogen-bond donors (Lipinski definition) is 4. The van der Waals surface area contributed by atoms with Crippen molar-refractivity contribution < 1.29 is 9.90 Å². The second-order valence-electron chi connectivity index (χ2n) is 6.56. The van der Waals surface area contributed by atoms with Crippen molar-refractivity contribution >= 4 is 34.0 Å². The quantitative estimate of drug-likeness (QED) is 0.362. The normalized spacial score (nSPS) is 11.6. The third-order valence-electron chi connectivity index (χ3n) is 4.61. The summed E-state index contributed by atoms with van der Waals surface area (Å²) in [6, 6.07) is 9.65. The molecule has 4 rings (SSSR count). The average Bonchev–Trinajstić information content (AvgIpc) is 3.25. The number of terminal acetylenes is 1. The van der Waals surface area contributed by atoms with Crippen molar-refractivity contribution in [2.45, 2.75) is 6.04 Å². The standard InChI is InChI=1S/C22H17N5O3S/c1-2-19-26-18(12-31-19)27-22(30)25-17(11-28)16-7-6-14(10-24-16)15-5-3-4-13-8-9-23-21(29)20(13)15/h1,3-10,12,17,28H,11H2,(H,23,29)(H2,25,27,30). The van der Waals surface area contributed by atoms with Gasteiger partial charge in [-0.3, -0.25) is 15.1 Å². The van der Waals surface area contributed by atoms with Gasteiger partial charge in [0.1, 0.15) is 5.82 Å². The van der Waals surface area contributed by atoms with Crippen molar-refractivity contribution in [3.63, 3.8) is 0 Å². The van der Waals surface area contributed by atoms with Crippen molar-refractivity contribution in [1.82, 2.24) is 20.3 Å². The second kappa shape index (κ2) is 8.79. The monoisotopic (exact) mass is 431 g/mol. The summed E-state index contributed by atoms with van der Waals surface area (Å²) in [6.07, 6.45) is 8.49. The topological polar surface area (TPSA) is 120 Å². The molecule has 0 saturated heterocycles. The molecule has 3 heterocycles. The van der Waals surface area contributed by atoms with Crippen LogP contribution >= 0.6 is 11.3 Å². The Morgan fingerprint density at radius 2 is 2.16 bits per heavy atom. The number of rotatable bonds is 5. The molecular weight excluding hydrogens is 414 g/mol. The van der Waals surface area contributed by atoms with Gasteiger partial charge in [-0.25, -0.2) is 9.78 Å². The first-order chi connectivity index (χ1) is 15.1. The number of benzene rings is 1. The predicted molar refractivity (Wildman–Crippen MR) is 120 cm³/mol. The SMILES string of the molecule is C#Cc1nc(NC(=O)NC(CO)c2ccc(-c3cccc4cc[nH]c(=O)c34)cn2)cs1. The number of anilines is 1. The van der Waals surface area contributed by atoms with E-state index >= 15 is 0 Å². The van der Waals surface area contributed by atoms with Gasteiger partial charge in [-0.1, -0.05) is 24.3 Å². The largest absolute Gasteiger partial charge is 0.394 e. The number of aliphatic hydroxyl groups is 1. The molecule has 0 radical (unpaired) electrons. The Morgan fingerprint density at radius 1 is 1.29 bits per heavy atom. The van der Waals surface area contributed by atoms with Gasteiger partial charge in [0.05, 0.1) is 23.7 Å². The molecule has 1 aromatic carbocycles. The minimum atomic E-state index is -0.726. The van der Waals surface area contributed by atoms with Gasteiger partial charge >= 0.3 is 6.03 Å². The van der Waals surface area contributed by atoms with E-state index in [0.717, 1.165) is 16.5 Å². The molecule has 0 saturated carbocycles. The van der Waals surface area contributed by atoms with Gasteiger partial charge in [-0.05, 0) is 29.0 Å². The summed E-state index contributed by atoms with van der Waals surface area (Å²) in [7, 11) is 0. The fourth-order valence-corrected chi connectivity index (χ4v) is 3.73. The van der Waals surface area contributed by atoms with E-state index in [-0.39, 0.29) is 12.2 Å². The first kappa shape index (κ1) is 20.3. The Balaban J connectivity index is 1.53. The van der Waals surface area contributed by atoms with Gasteiger partial charge in [-0.2, -0.15) is 0 Å². The fourth-order valence-electron chi connectivity index (χ4n) is 3.17. The van der Waals surface area contributed by atoms with Gasteiger partial charge in [0, 0.05) is 23.3 Å². The minimum Gasteiger partial charge on any atom is -0.394 e. The average molecular weight is 431 g/mol. The van der Waals surface area contributed by atoms with Crippen molar-refractivity contribution in [3.05, 3.63) is 75.2 Å². The molecule has 2 amide bonds. The molecule has 4 N–H and O–H groups in total. The van der Waals surface area contributed by atoms with Crippen LogP contribution in [0.3, 0.4) is 0 Å². The van der Waals surface area contributed by atoms with E-state index < -0.39 is 12.1 Å². The Morgan fingerprint density at radius 3 is 2.87 bits per heavy atom. The number of hydrogen-bond acceptors (Lipinski definition) is 6. The van der Waals surface area contributed by atoms with Crippen LogP contribution in [0, 0.1) is 12.3 Å². The van der Waals surface area contributed by atoms with E-state index in [1.807, 2.05) is 24.3 Å². The number of carbonyl (C=O) groups is 1. The van der Waals surface area contributed by atoms with E-state index in [0.29, 0.717) is 21.9 Å². The molecule has 0 aliphatic carbocycles. The lowest BCUT2D eigenvalue weighted by molar-refractivity contribution is 0.224. The van der Waals surface area contributed by atoms with Crippen LogP contribution in [-0.2, 0) is 0 Å². The Kier molecular flexibility index (Phi) is 5.75. The number of thiazole rings is 1. The molecular formula is C22H17N5O3S.